The van der Waals surface area contributed by atoms with Gasteiger partial charge in [-0.2, -0.15) is 0 Å². The summed E-state index contributed by atoms with van der Waals surface area (Å²) in [7, 11) is 0. The summed E-state index contributed by atoms with van der Waals surface area (Å²) in [5.41, 5.74) is 7.42. The summed E-state index contributed by atoms with van der Waals surface area (Å²) in [6.07, 6.45) is 3.48. The molecule has 3 N–H and O–H groups in total. The summed E-state index contributed by atoms with van der Waals surface area (Å²) >= 11 is 7.67. The molecule has 17 heavy (non-hydrogen) atoms. The van der Waals surface area contributed by atoms with E-state index >= 15 is 0 Å². The van der Waals surface area contributed by atoms with Gasteiger partial charge in [0.05, 0.1) is 11.0 Å². The highest BCUT2D eigenvalue weighted by Gasteiger charge is 2.03. The number of benzene rings is 1. The molecule has 0 atom stereocenters. The maximum Gasteiger partial charge on any atom is 0.166 e. The van der Waals surface area contributed by atoms with Gasteiger partial charge in [-0.05, 0) is 37.6 Å². The van der Waals surface area contributed by atoms with Gasteiger partial charge in [0.2, 0.25) is 0 Å². The molecule has 1 aromatic carbocycles. The van der Waals surface area contributed by atoms with Crippen molar-refractivity contribution in [1.82, 2.24) is 9.97 Å². The molecule has 0 saturated carbocycles. The van der Waals surface area contributed by atoms with E-state index in [9.17, 15) is 0 Å². The standard InChI is InChI=1S/C12H16ClN3S/c13-9-4-5-10-11(8-9)16-12(15-10)17-7-3-1-2-6-14/h4-5,8H,1-3,6-7,14H2,(H,15,16). The number of aromatic amines is 1. The molecule has 0 saturated heterocycles. The SMILES string of the molecule is NCCCCCSc1nc2ccc(Cl)cc2[nH]1. The Kier molecular flexibility index (Phi) is 4.71. The zero-order valence-corrected chi connectivity index (χ0v) is 11.2. The van der Waals surface area contributed by atoms with Crippen LogP contribution >= 0.6 is 23.4 Å². The number of imidazole rings is 1. The van der Waals surface area contributed by atoms with Gasteiger partial charge in [-0.25, -0.2) is 4.98 Å². The van der Waals surface area contributed by atoms with Gasteiger partial charge in [-0.3, -0.25) is 0 Å². The van der Waals surface area contributed by atoms with Crippen LogP contribution in [0.1, 0.15) is 19.3 Å². The first-order valence-electron chi connectivity index (χ1n) is 5.78. The monoisotopic (exact) mass is 269 g/mol. The van der Waals surface area contributed by atoms with Crippen LogP contribution in [0, 0.1) is 0 Å². The number of fused-ring (bicyclic) bond motifs is 1. The molecule has 0 fully saturated rings. The lowest BCUT2D eigenvalue weighted by Crippen LogP contribution is -1.97. The molecule has 1 heterocycles. The van der Waals surface area contributed by atoms with Crippen molar-refractivity contribution < 1.29 is 0 Å². The van der Waals surface area contributed by atoms with Crippen LogP contribution in [0.3, 0.4) is 0 Å². The van der Waals surface area contributed by atoms with E-state index in [0.29, 0.717) is 0 Å². The Morgan fingerprint density at radius 2 is 2.18 bits per heavy atom. The number of nitrogens with zero attached hydrogens (tertiary/aromatic N) is 1. The van der Waals surface area contributed by atoms with E-state index in [0.717, 1.165) is 39.9 Å². The van der Waals surface area contributed by atoms with Crippen molar-refractivity contribution in [2.75, 3.05) is 12.3 Å². The summed E-state index contributed by atoms with van der Waals surface area (Å²) in [6.45, 7) is 0.786. The van der Waals surface area contributed by atoms with E-state index in [1.807, 2.05) is 18.2 Å². The normalized spacial score (nSPS) is 11.2. The predicted molar refractivity (Wildman–Crippen MR) is 74.7 cm³/mol. The quantitative estimate of drug-likeness (QED) is 0.624. The highest BCUT2D eigenvalue weighted by Crippen LogP contribution is 2.22. The topological polar surface area (TPSA) is 54.7 Å². The minimum Gasteiger partial charge on any atom is -0.333 e. The number of hydrogen-bond acceptors (Lipinski definition) is 3. The highest BCUT2D eigenvalue weighted by molar-refractivity contribution is 7.99. The van der Waals surface area contributed by atoms with E-state index in [-0.39, 0.29) is 0 Å². The fourth-order valence-corrected chi connectivity index (χ4v) is 2.68. The maximum atomic E-state index is 5.92. The fraction of sp³-hybridized carbons (Fsp3) is 0.417. The van der Waals surface area contributed by atoms with Crippen LogP contribution < -0.4 is 5.73 Å². The number of H-pyrrole nitrogens is 1. The number of aromatic nitrogens is 2. The van der Waals surface area contributed by atoms with Gasteiger partial charge in [0.1, 0.15) is 0 Å². The van der Waals surface area contributed by atoms with Crippen LogP contribution in [-0.2, 0) is 0 Å². The van der Waals surface area contributed by atoms with Gasteiger partial charge >= 0.3 is 0 Å². The van der Waals surface area contributed by atoms with Crippen molar-refractivity contribution in [3.63, 3.8) is 0 Å². The zero-order chi connectivity index (χ0) is 12.1. The molecule has 0 aliphatic carbocycles. The minimum absolute atomic E-state index is 0.737. The third kappa shape index (κ3) is 3.63. The second-order valence-corrected chi connectivity index (χ2v) is 5.42. The summed E-state index contributed by atoms with van der Waals surface area (Å²) in [6, 6.07) is 5.70. The van der Waals surface area contributed by atoms with E-state index < -0.39 is 0 Å². The minimum atomic E-state index is 0.737. The van der Waals surface area contributed by atoms with Crippen molar-refractivity contribution in [3.8, 4) is 0 Å². The van der Waals surface area contributed by atoms with E-state index in [4.69, 9.17) is 17.3 Å². The molecule has 0 amide bonds. The Labute approximate surface area is 110 Å². The van der Waals surface area contributed by atoms with Crippen LogP contribution in [0.25, 0.3) is 11.0 Å². The van der Waals surface area contributed by atoms with Gasteiger partial charge in [0.25, 0.3) is 0 Å². The molecule has 0 aliphatic heterocycles. The molecule has 0 radical (unpaired) electrons. The van der Waals surface area contributed by atoms with Gasteiger partial charge in [0, 0.05) is 10.8 Å². The Balaban J connectivity index is 1.91. The third-order valence-corrected chi connectivity index (χ3v) is 3.70. The van der Waals surface area contributed by atoms with Crippen LogP contribution in [0.4, 0.5) is 0 Å². The van der Waals surface area contributed by atoms with E-state index in [1.54, 1.807) is 11.8 Å². The first-order valence-corrected chi connectivity index (χ1v) is 7.14. The van der Waals surface area contributed by atoms with Crippen molar-refractivity contribution >= 4 is 34.4 Å². The predicted octanol–water partition coefficient (Wildman–Crippen LogP) is 3.44. The average molecular weight is 270 g/mol. The van der Waals surface area contributed by atoms with Crippen LogP contribution in [0.15, 0.2) is 23.4 Å². The Hall–Kier alpha value is -0.710. The number of rotatable bonds is 6. The number of nitrogens with one attached hydrogen (secondary N) is 1. The smallest absolute Gasteiger partial charge is 0.166 e. The third-order valence-electron chi connectivity index (χ3n) is 2.51. The lowest BCUT2D eigenvalue weighted by atomic mass is 10.2. The molecular weight excluding hydrogens is 254 g/mol. The summed E-state index contributed by atoms with van der Waals surface area (Å²) < 4.78 is 0. The summed E-state index contributed by atoms with van der Waals surface area (Å²) in [4.78, 5) is 7.77. The molecule has 0 unspecified atom stereocenters. The van der Waals surface area contributed by atoms with Crippen molar-refractivity contribution in [1.29, 1.82) is 0 Å². The van der Waals surface area contributed by atoms with E-state index in [2.05, 4.69) is 9.97 Å². The Bertz CT molecular complexity index is 484. The summed E-state index contributed by atoms with van der Waals surface area (Å²) in [5.74, 6) is 1.08. The second-order valence-electron chi connectivity index (χ2n) is 3.90. The molecule has 3 nitrogen and oxygen atoms in total. The van der Waals surface area contributed by atoms with Crippen molar-refractivity contribution in [2.24, 2.45) is 5.73 Å². The largest absolute Gasteiger partial charge is 0.333 e. The number of nitrogens with two attached hydrogens (primary N) is 1. The molecule has 0 aliphatic rings. The molecular formula is C12H16ClN3S. The first-order chi connectivity index (χ1) is 8.29. The lowest BCUT2D eigenvalue weighted by Gasteiger charge is -1.97. The van der Waals surface area contributed by atoms with Crippen molar-refractivity contribution in [3.05, 3.63) is 23.2 Å². The number of halogens is 1. The molecule has 0 spiro atoms. The maximum absolute atomic E-state index is 5.92. The van der Waals surface area contributed by atoms with Gasteiger partial charge in [-0.15, -0.1) is 0 Å². The van der Waals surface area contributed by atoms with E-state index in [1.165, 1.54) is 12.8 Å². The van der Waals surface area contributed by atoms with Gasteiger partial charge in [0.15, 0.2) is 5.16 Å². The van der Waals surface area contributed by atoms with Crippen LogP contribution in [-0.4, -0.2) is 22.3 Å². The Morgan fingerprint density at radius 3 is 3.00 bits per heavy atom. The van der Waals surface area contributed by atoms with Crippen molar-refractivity contribution in [2.45, 2.75) is 24.4 Å². The average Bonchev–Trinajstić information content (AvgIpc) is 2.70. The zero-order valence-electron chi connectivity index (χ0n) is 9.58. The highest BCUT2D eigenvalue weighted by atomic mass is 35.5. The Morgan fingerprint density at radius 1 is 1.29 bits per heavy atom. The molecule has 0 bridgehead atoms. The number of thioether (sulfide) groups is 1. The second kappa shape index (κ2) is 6.28. The van der Waals surface area contributed by atoms with Gasteiger partial charge < -0.3 is 10.7 Å². The first kappa shape index (κ1) is 12.7. The number of hydrogen-bond donors (Lipinski definition) is 2. The van der Waals surface area contributed by atoms with Crippen LogP contribution in [0.2, 0.25) is 5.02 Å². The molecule has 2 aromatic rings. The van der Waals surface area contributed by atoms with Crippen LogP contribution in [0.5, 0.6) is 0 Å². The molecule has 5 heteroatoms. The van der Waals surface area contributed by atoms with Gasteiger partial charge in [-0.1, -0.05) is 29.8 Å². The lowest BCUT2D eigenvalue weighted by molar-refractivity contribution is 0.732. The molecule has 92 valence electrons. The summed E-state index contributed by atoms with van der Waals surface area (Å²) in [5, 5.41) is 1.70. The molecule has 2 rings (SSSR count). The number of unbranched alkanes of at least 4 members (excludes halogenated alkanes) is 2. The fourth-order valence-electron chi connectivity index (χ4n) is 1.62. The molecule has 1 aromatic heterocycles.